The quantitative estimate of drug-likeness (QED) is 0.668. The molecule has 0 amide bonds. The largest absolute Gasteiger partial charge is 0.338 e. The van der Waals surface area contributed by atoms with Gasteiger partial charge in [0.1, 0.15) is 5.82 Å². The minimum Gasteiger partial charge on any atom is -0.338 e. The maximum Gasteiger partial charge on any atom is 0.266 e. The van der Waals surface area contributed by atoms with Crippen LogP contribution < -0.4 is 5.56 Å². The lowest BCUT2D eigenvalue weighted by Crippen LogP contribution is -2.50. The van der Waals surface area contributed by atoms with Crippen LogP contribution in [0.1, 0.15) is 5.82 Å². The number of likely N-dealkylation sites (tertiary alicyclic amines) is 1. The normalized spacial score (nSPS) is 15.1. The molecule has 0 aliphatic carbocycles. The molecule has 0 radical (unpaired) electrons. The number of aromatic nitrogens is 5. The molecule has 4 rings (SSSR count). The van der Waals surface area contributed by atoms with Gasteiger partial charge in [0.25, 0.3) is 5.56 Å². The summed E-state index contributed by atoms with van der Waals surface area (Å²) in [5.41, 5.74) is 1.73. The molecule has 3 aromatic rings. The number of aryl methyl sites for hydroxylation is 1. The van der Waals surface area contributed by atoms with E-state index in [1.807, 2.05) is 31.6 Å². The first-order valence-electron chi connectivity index (χ1n) is 8.86. The highest BCUT2D eigenvalue weighted by Crippen LogP contribution is 2.18. The van der Waals surface area contributed by atoms with Crippen LogP contribution in [0.25, 0.3) is 11.3 Å². The van der Waals surface area contributed by atoms with Crippen LogP contribution in [0.15, 0.2) is 53.8 Å². The Labute approximate surface area is 151 Å². The zero-order valence-electron chi connectivity index (χ0n) is 14.8. The lowest BCUT2D eigenvalue weighted by atomic mass is 10.00. The van der Waals surface area contributed by atoms with E-state index in [1.165, 1.54) is 0 Å². The van der Waals surface area contributed by atoms with Gasteiger partial charge < -0.3 is 9.47 Å². The van der Waals surface area contributed by atoms with Gasteiger partial charge in [-0.05, 0) is 18.2 Å². The average Bonchev–Trinajstić information content (AvgIpc) is 3.04. The highest BCUT2D eigenvalue weighted by atomic mass is 16.1. The van der Waals surface area contributed by atoms with Crippen molar-refractivity contribution in [1.29, 1.82) is 0 Å². The smallest absolute Gasteiger partial charge is 0.266 e. The maximum absolute atomic E-state index is 12.1. The lowest BCUT2D eigenvalue weighted by Gasteiger charge is -2.39. The Morgan fingerprint density at radius 3 is 2.65 bits per heavy atom. The predicted octanol–water partition coefficient (Wildman–Crippen LogP) is 1.21. The van der Waals surface area contributed by atoms with Gasteiger partial charge in [-0.3, -0.25) is 9.78 Å². The molecule has 0 N–H and O–H groups in total. The van der Waals surface area contributed by atoms with E-state index in [0.717, 1.165) is 43.1 Å². The Kier molecular flexibility index (Phi) is 4.62. The van der Waals surface area contributed by atoms with E-state index in [0.29, 0.717) is 12.5 Å². The Morgan fingerprint density at radius 1 is 1.12 bits per heavy atom. The number of hydrogen-bond acceptors (Lipinski definition) is 5. The summed E-state index contributed by atoms with van der Waals surface area (Å²) >= 11 is 0. The Bertz CT molecular complexity index is 926. The summed E-state index contributed by atoms with van der Waals surface area (Å²) in [5.74, 6) is 1.57. The van der Waals surface area contributed by atoms with Crippen molar-refractivity contribution >= 4 is 0 Å². The average molecular weight is 350 g/mol. The van der Waals surface area contributed by atoms with Crippen molar-refractivity contribution in [2.24, 2.45) is 13.0 Å². The van der Waals surface area contributed by atoms with Gasteiger partial charge in [0.2, 0.25) is 0 Å². The molecule has 0 spiro atoms. The monoisotopic (exact) mass is 350 g/mol. The highest BCUT2D eigenvalue weighted by molar-refractivity contribution is 5.56. The van der Waals surface area contributed by atoms with E-state index in [9.17, 15) is 4.79 Å². The Morgan fingerprint density at radius 2 is 1.92 bits per heavy atom. The van der Waals surface area contributed by atoms with Crippen molar-refractivity contribution in [3.63, 3.8) is 0 Å². The van der Waals surface area contributed by atoms with Crippen molar-refractivity contribution in [1.82, 2.24) is 29.2 Å². The first-order chi connectivity index (χ1) is 12.7. The van der Waals surface area contributed by atoms with Crippen molar-refractivity contribution < 1.29 is 0 Å². The molecule has 0 atom stereocenters. The molecule has 134 valence electrons. The molecule has 7 heteroatoms. The van der Waals surface area contributed by atoms with Gasteiger partial charge in [0.15, 0.2) is 0 Å². The number of hydrogen-bond donors (Lipinski definition) is 0. The van der Waals surface area contributed by atoms with Gasteiger partial charge in [0, 0.05) is 75.4 Å². The highest BCUT2D eigenvalue weighted by Gasteiger charge is 2.27. The number of nitrogens with zero attached hydrogens (tertiary/aromatic N) is 6. The number of imidazole rings is 1. The fraction of sp³-hybridized carbons (Fsp3) is 0.368. The van der Waals surface area contributed by atoms with E-state index < -0.39 is 0 Å². The van der Waals surface area contributed by atoms with Crippen LogP contribution in [0.2, 0.25) is 0 Å². The second-order valence-electron chi connectivity index (χ2n) is 6.80. The van der Waals surface area contributed by atoms with Crippen LogP contribution >= 0.6 is 0 Å². The van der Waals surface area contributed by atoms with E-state index >= 15 is 0 Å². The van der Waals surface area contributed by atoms with Crippen molar-refractivity contribution in [2.75, 3.05) is 19.6 Å². The van der Waals surface area contributed by atoms with E-state index in [1.54, 1.807) is 29.2 Å². The van der Waals surface area contributed by atoms with Crippen LogP contribution in [0.4, 0.5) is 0 Å². The second kappa shape index (κ2) is 7.21. The third kappa shape index (κ3) is 3.57. The molecular formula is C19H22N6O. The van der Waals surface area contributed by atoms with Crippen molar-refractivity contribution in [2.45, 2.75) is 13.0 Å². The predicted molar refractivity (Wildman–Crippen MR) is 98.6 cm³/mol. The van der Waals surface area contributed by atoms with Gasteiger partial charge in [-0.2, -0.15) is 5.10 Å². The summed E-state index contributed by atoms with van der Waals surface area (Å²) in [5, 5.41) is 4.53. The molecule has 0 unspecified atom stereocenters. The third-order valence-corrected chi connectivity index (χ3v) is 4.88. The molecule has 1 aliphatic rings. The minimum atomic E-state index is -0.0470. The molecular weight excluding hydrogens is 328 g/mol. The van der Waals surface area contributed by atoms with E-state index in [-0.39, 0.29) is 5.56 Å². The first-order valence-corrected chi connectivity index (χ1v) is 8.86. The number of rotatable bonds is 6. The second-order valence-corrected chi connectivity index (χ2v) is 6.80. The molecule has 0 bridgehead atoms. The van der Waals surface area contributed by atoms with Crippen LogP contribution in [0, 0.1) is 5.92 Å². The standard InChI is InChI=1S/C19H22N6O/c1-23-11-9-21-18(23)6-10-24-12-15(13-24)14-25-19(26)3-2-17(22-25)16-4-7-20-8-5-16/h2-5,7-9,11,15H,6,10,12-14H2,1H3. The molecule has 26 heavy (non-hydrogen) atoms. The third-order valence-electron chi connectivity index (χ3n) is 4.88. The summed E-state index contributed by atoms with van der Waals surface area (Å²) in [6.45, 7) is 3.66. The van der Waals surface area contributed by atoms with Crippen molar-refractivity contribution in [3.05, 3.63) is 65.2 Å². The Hall–Kier alpha value is -2.80. The van der Waals surface area contributed by atoms with Gasteiger partial charge in [-0.25, -0.2) is 9.67 Å². The molecule has 0 aromatic carbocycles. The zero-order chi connectivity index (χ0) is 17.9. The minimum absolute atomic E-state index is 0.0470. The molecule has 1 saturated heterocycles. The lowest BCUT2D eigenvalue weighted by molar-refractivity contribution is 0.0849. The molecule has 3 aromatic heterocycles. The van der Waals surface area contributed by atoms with Crippen LogP contribution in [0.5, 0.6) is 0 Å². The summed E-state index contributed by atoms with van der Waals surface area (Å²) < 4.78 is 3.65. The zero-order valence-corrected chi connectivity index (χ0v) is 14.8. The van der Waals surface area contributed by atoms with Gasteiger partial charge >= 0.3 is 0 Å². The first kappa shape index (κ1) is 16.7. The molecule has 1 aliphatic heterocycles. The molecule has 1 fully saturated rings. The van der Waals surface area contributed by atoms with Crippen LogP contribution in [-0.4, -0.2) is 48.8 Å². The molecule has 4 heterocycles. The van der Waals surface area contributed by atoms with Gasteiger partial charge in [0.05, 0.1) is 12.2 Å². The number of pyridine rings is 1. The van der Waals surface area contributed by atoms with Crippen LogP contribution in [0.3, 0.4) is 0 Å². The fourth-order valence-corrected chi connectivity index (χ4v) is 3.37. The fourth-order valence-electron chi connectivity index (χ4n) is 3.37. The SMILES string of the molecule is Cn1ccnc1CCN1CC(Cn2nc(-c3ccncc3)ccc2=O)C1. The molecule has 0 saturated carbocycles. The maximum atomic E-state index is 12.1. The van der Waals surface area contributed by atoms with Crippen LogP contribution in [-0.2, 0) is 20.0 Å². The van der Waals surface area contributed by atoms with Crippen molar-refractivity contribution in [3.8, 4) is 11.3 Å². The van der Waals surface area contributed by atoms with E-state index in [2.05, 4.69) is 24.5 Å². The van der Waals surface area contributed by atoms with Gasteiger partial charge in [-0.15, -0.1) is 0 Å². The summed E-state index contributed by atoms with van der Waals surface area (Å²) in [6.07, 6.45) is 8.23. The summed E-state index contributed by atoms with van der Waals surface area (Å²) in [7, 11) is 2.02. The molecule has 7 nitrogen and oxygen atoms in total. The topological polar surface area (TPSA) is 68.8 Å². The van der Waals surface area contributed by atoms with E-state index in [4.69, 9.17) is 0 Å². The van der Waals surface area contributed by atoms with Gasteiger partial charge in [-0.1, -0.05) is 0 Å². The summed E-state index contributed by atoms with van der Waals surface area (Å²) in [6, 6.07) is 7.17. The Balaban J connectivity index is 1.34. The summed E-state index contributed by atoms with van der Waals surface area (Å²) in [4.78, 5) is 22.9.